The van der Waals surface area contributed by atoms with Crippen molar-refractivity contribution in [1.29, 1.82) is 5.41 Å². The van der Waals surface area contributed by atoms with Gasteiger partial charge in [0.2, 0.25) is 11.7 Å². The predicted molar refractivity (Wildman–Crippen MR) is 154 cm³/mol. The SMILES string of the molecule is N=C(N)N1CCCC(CC(NC(=O)C2CCC3CN(CCCc4ccccc4)CCN32)C(=O)c2nccs2)C1. The fraction of sp³-hybridized carbons (Fsp3) is 0.586. The smallest absolute Gasteiger partial charge is 0.237 e. The largest absolute Gasteiger partial charge is 0.370 e. The van der Waals surface area contributed by atoms with E-state index >= 15 is 0 Å². The Balaban J connectivity index is 1.16. The first-order valence-corrected chi connectivity index (χ1v) is 15.2. The highest BCUT2D eigenvalue weighted by atomic mass is 32.1. The topological polar surface area (TPSA) is 119 Å². The van der Waals surface area contributed by atoms with Crippen molar-refractivity contribution in [3.63, 3.8) is 0 Å². The number of piperidine rings is 1. The molecule has 0 saturated carbocycles. The minimum absolute atomic E-state index is 0.0378. The number of ketones is 1. The molecule has 4 atom stereocenters. The molecule has 3 fully saturated rings. The Labute approximate surface area is 235 Å². The third-order valence-electron chi connectivity index (χ3n) is 8.58. The molecule has 3 saturated heterocycles. The molecule has 0 radical (unpaired) electrons. The van der Waals surface area contributed by atoms with Crippen LogP contribution in [-0.2, 0) is 11.2 Å². The molecule has 0 bridgehead atoms. The summed E-state index contributed by atoms with van der Waals surface area (Å²) in [6, 6.07) is 10.2. The number of thiazole rings is 1. The molecule has 1 aromatic heterocycles. The second-order valence-electron chi connectivity index (χ2n) is 11.2. The number of benzene rings is 1. The van der Waals surface area contributed by atoms with E-state index in [0.717, 1.165) is 71.2 Å². The van der Waals surface area contributed by atoms with Gasteiger partial charge in [0.15, 0.2) is 11.0 Å². The van der Waals surface area contributed by atoms with Crippen LogP contribution in [0.4, 0.5) is 0 Å². The number of carbonyl (C=O) groups excluding carboxylic acids is 2. The van der Waals surface area contributed by atoms with E-state index in [-0.39, 0.29) is 29.6 Å². The molecule has 5 rings (SSSR count). The van der Waals surface area contributed by atoms with Crippen molar-refractivity contribution in [3.05, 3.63) is 52.5 Å². The number of likely N-dealkylation sites (tertiary alicyclic amines) is 1. The van der Waals surface area contributed by atoms with Crippen molar-refractivity contribution in [2.24, 2.45) is 11.7 Å². The monoisotopic (exact) mass is 551 g/mol. The van der Waals surface area contributed by atoms with Gasteiger partial charge in [0.1, 0.15) is 0 Å². The second-order valence-corrected chi connectivity index (χ2v) is 12.1. The maximum atomic E-state index is 13.6. The summed E-state index contributed by atoms with van der Waals surface area (Å²) in [6.07, 6.45) is 8.13. The average Bonchev–Trinajstić information content (AvgIpc) is 3.63. The van der Waals surface area contributed by atoms with Gasteiger partial charge in [0.05, 0.1) is 12.1 Å². The standard InChI is InChI=1S/C29H41N7O2S/c30-29(31)35-14-5-9-22(19-35)18-24(26(37)28-32-12-17-39-28)33-27(38)25-11-10-23-20-34(15-16-36(23)25)13-4-8-21-6-2-1-3-7-21/h1-3,6-7,12,17,22-25H,4-5,8-11,13-16,18-20H2,(H3,30,31)(H,33,38). The molecule has 4 unspecified atom stereocenters. The molecule has 9 nitrogen and oxygen atoms in total. The Morgan fingerprint density at radius 2 is 1.97 bits per heavy atom. The quantitative estimate of drug-likeness (QED) is 0.236. The van der Waals surface area contributed by atoms with Crippen LogP contribution in [0.1, 0.15) is 53.9 Å². The minimum atomic E-state index is -0.612. The summed E-state index contributed by atoms with van der Waals surface area (Å²) in [6.45, 7) is 5.35. The maximum Gasteiger partial charge on any atom is 0.237 e. The number of amides is 1. The first kappa shape index (κ1) is 27.7. The summed E-state index contributed by atoms with van der Waals surface area (Å²) >= 11 is 1.32. The highest BCUT2D eigenvalue weighted by Crippen LogP contribution is 2.29. The summed E-state index contributed by atoms with van der Waals surface area (Å²) in [5.41, 5.74) is 7.13. The first-order valence-electron chi connectivity index (χ1n) is 14.3. The third kappa shape index (κ3) is 7.04. The lowest BCUT2D eigenvalue weighted by molar-refractivity contribution is -0.127. The number of nitrogens with zero attached hydrogens (tertiary/aromatic N) is 4. The van der Waals surface area contributed by atoms with Crippen LogP contribution in [0, 0.1) is 11.3 Å². The number of guanidine groups is 1. The number of Topliss-reactive ketones (excluding diaryl/α,β-unsaturated/α-hetero) is 1. The number of carbonyl (C=O) groups is 2. The summed E-state index contributed by atoms with van der Waals surface area (Å²) in [5, 5.41) is 13.2. The van der Waals surface area contributed by atoms with E-state index in [0.29, 0.717) is 24.0 Å². The lowest BCUT2D eigenvalue weighted by Crippen LogP contribution is -2.57. The minimum Gasteiger partial charge on any atom is -0.370 e. The van der Waals surface area contributed by atoms with E-state index in [1.54, 1.807) is 11.6 Å². The number of nitrogens with one attached hydrogen (secondary N) is 2. The first-order chi connectivity index (χ1) is 19.0. The Morgan fingerprint density at radius 1 is 1.13 bits per heavy atom. The Kier molecular flexibility index (Phi) is 9.26. The Hall–Kier alpha value is -2.82. The van der Waals surface area contributed by atoms with E-state index in [1.807, 2.05) is 4.90 Å². The normalized spacial score (nSPS) is 24.7. The fourth-order valence-corrected chi connectivity index (χ4v) is 7.19. The molecule has 1 aromatic carbocycles. The summed E-state index contributed by atoms with van der Waals surface area (Å²) < 4.78 is 0. The molecule has 2 aromatic rings. The van der Waals surface area contributed by atoms with Gasteiger partial charge >= 0.3 is 0 Å². The van der Waals surface area contributed by atoms with Crippen LogP contribution in [0.2, 0.25) is 0 Å². The number of nitrogens with two attached hydrogens (primary N) is 1. The number of aryl methyl sites for hydroxylation is 1. The van der Waals surface area contributed by atoms with Crippen molar-refractivity contribution in [2.75, 3.05) is 39.3 Å². The molecule has 0 spiro atoms. The molecule has 4 heterocycles. The number of hydrogen-bond donors (Lipinski definition) is 3. The molecular formula is C29H41N7O2S. The van der Waals surface area contributed by atoms with Crippen molar-refractivity contribution in [2.45, 2.75) is 63.1 Å². The number of rotatable bonds is 10. The highest BCUT2D eigenvalue weighted by molar-refractivity contribution is 7.11. The number of fused-ring (bicyclic) bond motifs is 1. The van der Waals surface area contributed by atoms with Gasteiger partial charge in [0.25, 0.3) is 0 Å². The predicted octanol–water partition coefficient (Wildman–Crippen LogP) is 2.59. The van der Waals surface area contributed by atoms with Crippen LogP contribution in [-0.4, -0.2) is 94.7 Å². The van der Waals surface area contributed by atoms with E-state index in [1.165, 1.54) is 16.9 Å². The van der Waals surface area contributed by atoms with Crippen molar-refractivity contribution < 1.29 is 9.59 Å². The van der Waals surface area contributed by atoms with Crippen LogP contribution in [0.25, 0.3) is 0 Å². The summed E-state index contributed by atoms with van der Waals surface area (Å²) in [5.74, 6) is 0.107. The van der Waals surface area contributed by atoms with Gasteiger partial charge in [-0.1, -0.05) is 30.3 Å². The van der Waals surface area contributed by atoms with Crippen molar-refractivity contribution in [1.82, 2.24) is 25.0 Å². The van der Waals surface area contributed by atoms with Crippen LogP contribution < -0.4 is 11.1 Å². The number of hydrogen-bond acceptors (Lipinski definition) is 7. The van der Waals surface area contributed by atoms with E-state index in [2.05, 4.69) is 50.4 Å². The zero-order valence-corrected chi connectivity index (χ0v) is 23.5. The zero-order chi connectivity index (χ0) is 27.2. The fourth-order valence-electron chi connectivity index (χ4n) is 6.56. The second kappa shape index (κ2) is 13.0. The molecular weight excluding hydrogens is 510 g/mol. The van der Waals surface area contributed by atoms with E-state index < -0.39 is 6.04 Å². The summed E-state index contributed by atoms with van der Waals surface area (Å²) in [7, 11) is 0. The summed E-state index contributed by atoms with van der Waals surface area (Å²) in [4.78, 5) is 38.0. The molecule has 3 aliphatic heterocycles. The van der Waals surface area contributed by atoms with Gasteiger partial charge in [-0.3, -0.25) is 19.9 Å². The Bertz CT molecular complexity index is 1110. The van der Waals surface area contributed by atoms with Crippen LogP contribution in [0.15, 0.2) is 41.9 Å². The number of aromatic nitrogens is 1. The molecule has 3 aliphatic rings. The van der Waals surface area contributed by atoms with Crippen LogP contribution in [0.3, 0.4) is 0 Å². The van der Waals surface area contributed by atoms with Gasteiger partial charge in [-0.15, -0.1) is 11.3 Å². The van der Waals surface area contributed by atoms with Gasteiger partial charge in [-0.2, -0.15) is 0 Å². The lowest BCUT2D eigenvalue weighted by atomic mass is 9.89. The maximum absolute atomic E-state index is 13.6. The molecule has 10 heteroatoms. The molecule has 4 N–H and O–H groups in total. The zero-order valence-electron chi connectivity index (χ0n) is 22.6. The van der Waals surface area contributed by atoms with Gasteiger partial charge < -0.3 is 20.9 Å². The van der Waals surface area contributed by atoms with Crippen LogP contribution >= 0.6 is 11.3 Å². The van der Waals surface area contributed by atoms with Gasteiger partial charge in [0, 0.05) is 50.3 Å². The Morgan fingerprint density at radius 3 is 2.74 bits per heavy atom. The molecule has 0 aliphatic carbocycles. The molecule has 39 heavy (non-hydrogen) atoms. The lowest BCUT2D eigenvalue weighted by Gasteiger charge is -2.40. The number of piperazine rings is 1. The van der Waals surface area contributed by atoms with Crippen molar-refractivity contribution >= 4 is 29.0 Å². The molecule has 210 valence electrons. The third-order valence-corrected chi connectivity index (χ3v) is 9.36. The van der Waals surface area contributed by atoms with Gasteiger partial charge in [-0.25, -0.2) is 4.98 Å². The van der Waals surface area contributed by atoms with Crippen molar-refractivity contribution in [3.8, 4) is 0 Å². The van der Waals surface area contributed by atoms with E-state index in [9.17, 15) is 9.59 Å². The molecule has 1 amide bonds. The van der Waals surface area contributed by atoms with E-state index in [4.69, 9.17) is 11.1 Å². The average molecular weight is 552 g/mol. The van der Waals surface area contributed by atoms with Crippen LogP contribution in [0.5, 0.6) is 0 Å². The highest BCUT2D eigenvalue weighted by Gasteiger charge is 2.42. The van der Waals surface area contributed by atoms with Gasteiger partial charge in [-0.05, 0) is 63.0 Å².